The lowest BCUT2D eigenvalue weighted by molar-refractivity contribution is -0.138. The van der Waals surface area contributed by atoms with Gasteiger partial charge in [0.1, 0.15) is 0 Å². The number of aryl methyl sites for hydroxylation is 2. The summed E-state index contributed by atoms with van der Waals surface area (Å²) in [6.45, 7) is 3.46. The van der Waals surface area contributed by atoms with Crippen molar-refractivity contribution in [3.05, 3.63) is 11.3 Å². The molecule has 0 amide bonds. The lowest BCUT2D eigenvalue weighted by atomic mass is 9.97. The molecule has 0 saturated carbocycles. The Kier molecular flexibility index (Phi) is 2.78. The van der Waals surface area contributed by atoms with Crippen molar-refractivity contribution in [2.45, 2.75) is 26.2 Å². The Balaban J connectivity index is 3.22. The summed E-state index contributed by atoms with van der Waals surface area (Å²) in [5, 5.41) is 22.5. The van der Waals surface area contributed by atoms with Crippen LogP contribution in [-0.4, -0.2) is 26.0 Å². The smallest absolute Gasteiger partial charge is 0.311 e. The molecule has 2 N–H and O–H groups in total. The SMILES string of the molecule is CCC(C(=O)O)c1c(C)nn(C)c1O. The lowest BCUT2D eigenvalue weighted by Crippen LogP contribution is -2.11. The third-order valence-corrected chi connectivity index (χ3v) is 2.29. The van der Waals surface area contributed by atoms with Crippen LogP contribution in [-0.2, 0) is 11.8 Å². The van der Waals surface area contributed by atoms with Crippen molar-refractivity contribution >= 4 is 5.97 Å². The molecule has 0 fully saturated rings. The monoisotopic (exact) mass is 198 g/mol. The number of rotatable bonds is 3. The van der Waals surface area contributed by atoms with Crippen molar-refractivity contribution in [2.24, 2.45) is 7.05 Å². The molecule has 0 bridgehead atoms. The van der Waals surface area contributed by atoms with E-state index in [1.807, 2.05) is 0 Å². The predicted octanol–water partition coefficient (Wildman–Crippen LogP) is 1.01. The van der Waals surface area contributed by atoms with Crippen molar-refractivity contribution < 1.29 is 15.0 Å². The fraction of sp³-hybridized carbons (Fsp3) is 0.556. The first-order valence-electron chi connectivity index (χ1n) is 4.44. The van der Waals surface area contributed by atoms with Crippen molar-refractivity contribution in [1.82, 2.24) is 9.78 Å². The molecule has 1 unspecified atom stereocenters. The van der Waals surface area contributed by atoms with Crippen molar-refractivity contribution in [3.8, 4) is 5.88 Å². The number of aliphatic carboxylic acids is 1. The fourth-order valence-electron chi connectivity index (χ4n) is 1.57. The molecule has 0 radical (unpaired) electrons. The van der Waals surface area contributed by atoms with Gasteiger partial charge < -0.3 is 10.2 Å². The van der Waals surface area contributed by atoms with E-state index in [1.165, 1.54) is 4.68 Å². The van der Waals surface area contributed by atoms with Gasteiger partial charge in [-0.25, -0.2) is 4.68 Å². The molecule has 14 heavy (non-hydrogen) atoms. The highest BCUT2D eigenvalue weighted by molar-refractivity contribution is 5.77. The summed E-state index contributed by atoms with van der Waals surface area (Å²) in [5.74, 6) is -1.67. The van der Waals surface area contributed by atoms with Gasteiger partial charge in [-0.1, -0.05) is 6.92 Å². The van der Waals surface area contributed by atoms with Crippen LogP contribution in [0.2, 0.25) is 0 Å². The third kappa shape index (κ3) is 1.57. The summed E-state index contributed by atoms with van der Waals surface area (Å²) in [5.41, 5.74) is 0.988. The van der Waals surface area contributed by atoms with E-state index in [-0.39, 0.29) is 5.88 Å². The molecule has 1 aromatic heterocycles. The van der Waals surface area contributed by atoms with Crippen LogP contribution in [0.25, 0.3) is 0 Å². The van der Waals surface area contributed by atoms with Crippen molar-refractivity contribution in [3.63, 3.8) is 0 Å². The zero-order valence-electron chi connectivity index (χ0n) is 8.48. The maximum absolute atomic E-state index is 10.9. The van der Waals surface area contributed by atoms with Gasteiger partial charge in [0.25, 0.3) is 0 Å². The molecule has 1 aromatic rings. The van der Waals surface area contributed by atoms with E-state index in [1.54, 1.807) is 20.9 Å². The highest BCUT2D eigenvalue weighted by Crippen LogP contribution is 2.30. The Morgan fingerprint density at radius 1 is 1.64 bits per heavy atom. The molecular weight excluding hydrogens is 184 g/mol. The zero-order valence-corrected chi connectivity index (χ0v) is 8.48. The van der Waals surface area contributed by atoms with Gasteiger partial charge in [0.2, 0.25) is 5.88 Å². The van der Waals surface area contributed by atoms with Crippen LogP contribution >= 0.6 is 0 Å². The minimum absolute atomic E-state index is 0.0586. The summed E-state index contributed by atoms with van der Waals surface area (Å²) in [6.07, 6.45) is 0.440. The van der Waals surface area contributed by atoms with Crippen LogP contribution in [0, 0.1) is 6.92 Å². The molecule has 0 aliphatic carbocycles. The molecule has 0 aromatic carbocycles. The highest BCUT2D eigenvalue weighted by Gasteiger charge is 2.26. The number of hydrogen-bond acceptors (Lipinski definition) is 3. The van der Waals surface area contributed by atoms with Crippen LogP contribution in [0.1, 0.15) is 30.5 Å². The quantitative estimate of drug-likeness (QED) is 0.760. The standard InChI is InChI=1S/C9H14N2O3/c1-4-6(9(13)14)7-5(2)10-11(3)8(7)12/h6,12H,4H2,1-3H3,(H,13,14). The first-order valence-corrected chi connectivity index (χ1v) is 4.44. The average molecular weight is 198 g/mol. The molecule has 1 atom stereocenters. The van der Waals surface area contributed by atoms with Gasteiger partial charge in [0.05, 0.1) is 17.2 Å². The molecule has 0 spiro atoms. The van der Waals surface area contributed by atoms with E-state index < -0.39 is 11.9 Å². The number of hydrogen-bond donors (Lipinski definition) is 2. The molecule has 5 heteroatoms. The van der Waals surface area contributed by atoms with Gasteiger partial charge in [-0.3, -0.25) is 4.79 Å². The summed E-state index contributed by atoms with van der Waals surface area (Å²) in [4.78, 5) is 10.9. The first-order chi connectivity index (χ1) is 6.49. The minimum atomic E-state index is -0.932. The topological polar surface area (TPSA) is 75.3 Å². The van der Waals surface area contributed by atoms with Crippen LogP contribution in [0.3, 0.4) is 0 Å². The van der Waals surface area contributed by atoms with E-state index in [2.05, 4.69) is 5.10 Å². The van der Waals surface area contributed by atoms with E-state index in [4.69, 9.17) is 5.11 Å². The fourth-order valence-corrected chi connectivity index (χ4v) is 1.57. The Hall–Kier alpha value is -1.52. The molecule has 0 aliphatic rings. The molecule has 0 aliphatic heterocycles. The summed E-state index contributed by atoms with van der Waals surface area (Å²) in [7, 11) is 1.58. The predicted molar refractivity (Wildman–Crippen MR) is 50.3 cm³/mol. The largest absolute Gasteiger partial charge is 0.493 e. The molecule has 0 saturated heterocycles. The van der Waals surface area contributed by atoms with Gasteiger partial charge in [-0.15, -0.1) is 0 Å². The third-order valence-electron chi connectivity index (χ3n) is 2.29. The second kappa shape index (κ2) is 3.69. The molecule has 5 nitrogen and oxygen atoms in total. The first kappa shape index (κ1) is 10.6. The van der Waals surface area contributed by atoms with Gasteiger partial charge >= 0.3 is 5.97 Å². The van der Waals surface area contributed by atoms with Crippen molar-refractivity contribution in [2.75, 3.05) is 0 Å². The highest BCUT2D eigenvalue weighted by atomic mass is 16.4. The number of carboxylic acids is 1. The molecule has 1 rings (SSSR count). The number of nitrogens with zero attached hydrogens (tertiary/aromatic N) is 2. The van der Waals surface area contributed by atoms with E-state index in [9.17, 15) is 9.90 Å². The summed E-state index contributed by atoms with van der Waals surface area (Å²) >= 11 is 0. The van der Waals surface area contributed by atoms with Gasteiger partial charge in [0, 0.05) is 7.05 Å². The minimum Gasteiger partial charge on any atom is -0.493 e. The van der Waals surface area contributed by atoms with Crippen LogP contribution in [0.15, 0.2) is 0 Å². The van der Waals surface area contributed by atoms with Gasteiger partial charge in [0.15, 0.2) is 0 Å². The molecule has 1 heterocycles. The van der Waals surface area contributed by atoms with Crippen molar-refractivity contribution in [1.29, 1.82) is 0 Å². The number of carboxylic acid groups (broad SMARTS) is 1. The van der Waals surface area contributed by atoms with Crippen LogP contribution < -0.4 is 0 Å². The zero-order chi connectivity index (χ0) is 10.9. The van der Waals surface area contributed by atoms with E-state index >= 15 is 0 Å². The number of aromatic nitrogens is 2. The Labute approximate surface area is 82.0 Å². The van der Waals surface area contributed by atoms with E-state index in [0.717, 1.165) is 0 Å². The second-order valence-electron chi connectivity index (χ2n) is 3.25. The maximum atomic E-state index is 10.9. The maximum Gasteiger partial charge on any atom is 0.311 e. The van der Waals surface area contributed by atoms with Crippen LogP contribution in [0.4, 0.5) is 0 Å². The van der Waals surface area contributed by atoms with Crippen LogP contribution in [0.5, 0.6) is 5.88 Å². The second-order valence-corrected chi connectivity index (χ2v) is 3.25. The van der Waals surface area contributed by atoms with Gasteiger partial charge in [-0.2, -0.15) is 5.10 Å². The number of carbonyl (C=O) groups is 1. The molecule has 78 valence electrons. The normalized spacial score (nSPS) is 12.8. The Morgan fingerprint density at radius 3 is 2.50 bits per heavy atom. The summed E-state index contributed by atoms with van der Waals surface area (Å²) in [6, 6.07) is 0. The average Bonchev–Trinajstić information content (AvgIpc) is 2.32. The Morgan fingerprint density at radius 2 is 2.21 bits per heavy atom. The Bertz CT molecular complexity index is 357. The lowest BCUT2D eigenvalue weighted by Gasteiger charge is -2.08. The summed E-state index contributed by atoms with van der Waals surface area (Å²) < 4.78 is 1.29. The van der Waals surface area contributed by atoms with E-state index in [0.29, 0.717) is 17.7 Å². The molecular formula is C9H14N2O3. The van der Waals surface area contributed by atoms with Gasteiger partial charge in [-0.05, 0) is 13.3 Å². The number of aromatic hydroxyl groups is 1.